The Morgan fingerprint density at radius 3 is 1.16 bits per heavy atom. The van der Waals surface area contributed by atoms with Crippen LogP contribution in [0.5, 0.6) is 0 Å². The molecule has 0 radical (unpaired) electrons. The predicted molar refractivity (Wildman–Crippen MR) is 59.0 cm³/mol. The Bertz CT molecular complexity index is 456. The third kappa shape index (κ3) is 2.54. The third-order valence-electron chi connectivity index (χ3n) is 2.98. The molecule has 2 N–H and O–H groups in total. The maximum Gasteiger partial charge on any atom is 0.249 e. The fourth-order valence-corrected chi connectivity index (χ4v) is 2.11. The molecule has 0 heterocycles. The average molecular weight is 281 g/mol. The number of halogens is 5. The fourth-order valence-electron chi connectivity index (χ4n) is 2.11. The van der Waals surface area contributed by atoms with Crippen molar-refractivity contribution in [1.29, 1.82) is 0 Å². The lowest BCUT2D eigenvalue weighted by molar-refractivity contribution is 0.0996. The number of hydrogen-bond acceptors (Lipinski definition) is 1. The Morgan fingerprint density at radius 1 is 0.684 bits per heavy atom. The van der Waals surface area contributed by atoms with Gasteiger partial charge in [-0.25, -0.2) is 22.0 Å². The van der Waals surface area contributed by atoms with Crippen LogP contribution in [-0.4, -0.2) is 5.91 Å². The topological polar surface area (TPSA) is 43.1 Å². The van der Waals surface area contributed by atoms with Crippen molar-refractivity contribution in [3.05, 3.63) is 33.4 Å². The first-order valence-corrected chi connectivity index (χ1v) is 5.35. The second-order valence-corrected chi connectivity index (χ2v) is 3.80. The van der Waals surface area contributed by atoms with E-state index in [-0.39, 0.29) is 0 Å². The quantitative estimate of drug-likeness (QED) is 0.800. The number of hydrogen-bond donors (Lipinski definition) is 1. The lowest BCUT2D eigenvalue weighted by Crippen LogP contribution is -2.20. The smallest absolute Gasteiger partial charge is 0.249 e. The van der Waals surface area contributed by atoms with Gasteiger partial charge in [-0.2, -0.15) is 0 Å². The molecule has 0 aliphatic rings. The molecule has 1 aromatic rings. The van der Waals surface area contributed by atoms with Gasteiger partial charge in [0.25, 0.3) is 0 Å². The molecule has 106 valence electrons. The minimum atomic E-state index is -1.32. The third-order valence-corrected chi connectivity index (χ3v) is 2.98. The molecule has 7 heteroatoms. The molecule has 1 rings (SSSR count). The van der Waals surface area contributed by atoms with Crippen LogP contribution in [0.15, 0.2) is 0 Å². The van der Waals surface area contributed by atoms with Gasteiger partial charge in [0, 0.05) is 11.1 Å². The zero-order chi connectivity index (χ0) is 14.6. The number of rotatable bonds is 6. The minimum absolute atomic E-state index is 0.449. The molecule has 0 fully saturated rings. The van der Waals surface area contributed by atoms with Crippen LogP contribution in [0.2, 0.25) is 0 Å². The summed E-state index contributed by atoms with van der Waals surface area (Å²) in [6.45, 7) is -6.50. The number of benzene rings is 1. The highest BCUT2D eigenvalue weighted by atomic mass is 19.1. The van der Waals surface area contributed by atoms with Crippen molar-refractivity contribution in [1.82, 2.24) is 0 Å². The summed E-state index contributed by atoms with van der Waals surface area (Å²) in [7, 11) is 0. The second kappa shape index (κ2) is 6.49. The van der Waals surface area contributed by atoms with Crippen LogP contribution < -0.4 is 5.73 Å². The molecule has 19 heavy (non-hydrogen) atoms. The van der Waals surface area contributed by atoms with Gasteiger partial charge in [-0.3, -0.25) is 4.79 Å². The Labute approximate surface area is 106 Å². The van der Waals surface area contributed by atoms with E-state index in [0.717, 1.165) is 0 Å². The van der Waals surface area contributed by atoms with Gasteiger partial charge >= 0.3 is 0 Å². The van der Waals surface area contributed by atoms with E-state index in [1.165, 1.54) is 0 Å². The summed E-state index contributed by atoms with van der Waals surface area (Å²) in [5.74, 6) is -1.20. The van der Waals surface area contributed by atoms with Gasteiger partial charge in [0.15, 0.2) is 0 Å². The number of carbonyl (C=O) groups is 1. The van der Waals surface area contributed by atoms with E-state index in [1.807, 2.05) is 0 Å². The highest BCUT2D eigenvalue weighted by molar-refractivity contribution is 5.97. The summed E-state index contributed by atoms with van der Waals surface area (Å²) in [4.78, 5) is 11.2. The maximum atomic E-state index is 12.9. The maximum absolute atomic E-state index is 12.9. The first-order chi connectivity index (χ1) is 9.06. The average Bonchev–Trinajstić information content (AvgIpc) is 2.43. The van der Waals surface area contributed by atoms with E-state index in [2.05, 4.69) is 0 Å². The minimum Gasteiger partial charge on any atom is -0.366 e. The Morgan fingerprint density at radius 2 is 0.947 bits per heavy atom. The lowest BCUT2D eigenvalue weighted by atomic mass is 9.88. The standard InChI is InChI=1S/C12H12F5NO/c13-1-6-7(2-14)9(4-16)11(12(18)19)10(5-17)8(6)3-15/h1-5H2,(H2,18,19). The normalized spacial score (nSPS) is 10.8. The van der Waals surface area contributed by atoms with Crippen molar-refractivity contribution < 1.29 is 26.7 Å². The van der Waals surface area contributed by atoms with E-state index in [9.17, 15) is 26.7 Å². The van der Waals surface area contributed by atoms with Crippen LogP contribution in [-0.2, 0) is 33.4 Å². The van der Waals surface area contributed by atoms with Crippen LogP contribution in [0.1, 0.15) is 38.2 Å². The van der Waals surface area contributed by atoms with Gasteiger partial charge in [0.2, 0.25) is 5.91 Å². The molecule has 0 aliphatic heterocycles. The zero-order valence-electron chi connectivity index (χ0n) is 9.91. The molecule has 1 aromatic carbocycles. The van der Waals surface area contributed by atoms with E-state index in [1.54, 1.807) is 0 Å². The van der Waals surface area contributed by atoms with Crippen molar-refractivity contribution in [3.8, 4) is 0 Å². The highest BCUT2D eigenvalue weighted by Gasteiger charge is 2.26. The van der Waals surface area contributed by atoms with Gasteiger partial charge in [-0.15, -0.1) is 0 Å². The van der Waals surface area contributed by atoms with E-state index < -0.39 is 72.7 Å². The summed E-state index contributed by atoms with van der Waals surface area (Å²) in [6, 6.07) is 0. The molecule has 0 spiro atoms. The van der Waals surface area contributed by atoms with Crippen LogP contribution in [0, 0.1) is 0 Å². The zero-order valence-corrected chi connectivity index (χ0v) is 9.91. The predicted octanol–water partition coefficient (Wildman–Crippen LogP) is 3.13. The molecule has 0 unspecified atom stereocenters. The second-order valence-electron chi connectivity index (χ2n) is 3.80. The van der Waals surface area contributed by atoms with Gasteiger partial charge in [0.05, 0.1) is 5.56 Å². The SMILES string of the molecule is NC(=O)c1c(CF)c(CF)c(CF)c(CF)c1CF. The van der Waals surface area contributed by atoms with E-state index >= 15 is 0 Å². The molecule has 0 atom stereocenters. The number of amides is 1. The van der Waals surface area contributed by atoms with Crippen LogP contribution in [0.4, 0.5) is 22.0 Å². The van der Waals surface area contributed by atoms with Crippen molar-refractivity contribution in [2.24, 2.45) is 5.73 Å². The molecule has 0 bridgehead atoms. The Balaban J connectivity index is 3.85. The van der Waals surface area contributed by atoms with Crippen LogP contribution >= 0.6 is 0 Å². The van der Waals surface area contributed by atoms with Gasteiger partial charge in [-0.1, -0.05) is 0 Å². The number of primary amides is 1. The van der Waals surface area contributed by atoms with E-state index in [0.29, 0.717) is 0 Å². The molecule has 0 saturated heterocycles. The molecule has 0 aromatic heterocycles. The summed E-state index contributed by atoms with van der Waals surface area (Å²) in [5, 5.41) is 0. The molecule has 0 saturated carbocycles. The van der Waals surface area contributed by atoms with Crippen LogP contribution in [0.25, 0.3) is 0 Å². The Kier molecular flexibility index (Phi) is 5.26. The lowest BCUT2D eigenvalue weighted by Gasteiger charge is -2.19. The van der Waals surface area contributed by atoms with Gasteiger partial charge < -0.3 is 5.73 Å². The van der Waals surface area contributed by atoms with Crippen molar-refractivity contribution in [3.63, 3.8) is 0 Å². The van der Waals surface area contributed by atoms with Crippen LogP contribution in [0.3, 0.4) is 0 Å². The van der Waals surface area contributed by atoms with E-state index in [4.69, 9.17) is 5.73 Å². The fraction of sp³-hybridized carbons (Fsp3) is 0.417. The largest absolute Gasteiger partial charge is 0.366 e. The van der Waals surface area contributed by atoms with Crippen molar-refractivity contribution >= 4 is 5.91 Å². The Hall–Kier alpha value is -1.66. The summed E-state index contributed by atoms with van der Waals surface area (Å²) in [6.07, 6.45) is 0. The summed E-state index contributed by atoms with van der Waals surface area (Å²) < 4.78 is 64.6. The number of alkyl halides is 5. The number of carbonyl (C=O) groups excluding carboxylic acids is 1. The molecular weight excluding hydrogens is 269 g/mol. The molecule has 2 nitrogen and oxygen atoms in total. The van der Waals surface area contributed by atoms with Gasteiger partial charge in [-0.05, 0) is 16.7 Å². The first kappa shape index (κ1) is 15.4. The summed E-state index contributed by atoms with van der Waals surface area (Å²) >= 11 is 0. The molecular formula is C12H12F5NO. The summed E-state index contributed by atoms with van der Waals surface area (Å²) in [5.41, 5.74) is 2.00. The highest BCUT2D eigenvalue weighted by Crippen LogP contribution is 2.32. The van der Waals surface area contributed by atoms with Gasteiger partial charge in [0.1, 0.15) is 33.4 Å². The van der Waals surface area contributed by atoms with Crippen molar-refractivity contribution in [2.75, 3.05) is 0 Å². The molecule has 0 aliphatic carbocycles. The van der Waals surface area contributed by atoms with Crippen molar-refractivity contribution in [2.45, 2.75) is 33.4 Å². The monoisotopic (exact) mass is 281 g/mol. The number of nitrogens with two attached hydrogens (primary N) is 1. The molecule has 1 amide bonds. The first-order valence-electron chi connectivity index (χ1n) is 5.35.